The minimum Gasteiger partial charge on any atom is -0.486 e. The summed E-state index contributed by atoms with van der Waals surface area (Å²) < 4.78 is 14.3. The maximum atomic E-state index is 12.3. The predicted octanol–water partition coefficient (Wildman–Crippen LogP) is 4.29. The zero-order chi connectivity index (χ0) is 18.8. The molecule has 138 valence electrons. The molecule has 0 fully saturated rings. The number of hydrogen-bond acceptors (Lipinski definition) is 4. The molecule has 0 unspecified atom stereocenters. The number of ether oxygens (including phenoxy) is 2. The summed E-state index contributed by atoms with van der Waals surface area (Å²) in [5, 5.41) is 0.595. The molecular formula is C20H17ClN2O3S. The first kappa shape index (κ1) is 17.8. The molecule has 0 spiro atoms. The van der Waals surface area contributed by atoms with Crippen molar-refractivity contribution >= 4 is 45.1 Å². The van der Waals surface area contributed by atoms with Crippen LogP contribution in [0.2, 0.25) is 5.02 Å². The summed E-state index contributed by atoms with van der Waals surface area (Å²) in [6.45, 7) is 3.80. The summed E-state index contributed by atoms with van der Waals surface area (Å²) in [5.74, 6) is 1.13. The fourth-order valence-electron chi connectivity index (χ4n) is 2.90. The molecule has 1 amide bonds. The number of nitrogens with zero attached hydrogens (tertiary/aromatic N) is 2. The van der Waals surface area contributed by atoms with Gasteiger partial charge >= 0.3 is 0 Å². The number of amides is 1. The molecule has 1 aliphatic heterocycles. The Morgan fingerprint density at radius 3 is 2.74 bits per heavy atom. The van der Waals surface area contributed by atoms with E-state index in [0.29, 0.717) is 29.6 Å². The van der Waals surface area contributed by atoms with Gasteiger partial charge in [-0.3, -0.25) is 4.79 Å². The summed E-state index contributed by atoms with van der Waals surface area (Å²) in [7, 11) is 0. The number of thiazole rings is 1. The van der Waals surface area contributed by atoms with Gasteiger partial charge < -0.3 is 14.0 Å². The van der Waals surface area contributed by atoms with Crippen molar-refractivity contribution in [2.75, 3.05) is 13.2 Å². The van der Waals surface area contributed by atoms with E-state index in [4.69, 9.17) is 21.1 Å². The van der Waals surface area contributed by atoms with E-state index in [1.807, 2.05) is 41.8 Å². The van der Waals surface area contributed by atoms with E-state index >= 15 is 0 Å². The lowest BCUT2D eigenvalue weighted by Crippen LogP contribution is -2.16. The Hall–Kier alpha value is -2.57. The van der Waals surface area contributed by atoms with Crippen LogP contribution in [0.5, 0.6) is 11.5 Å². The van der Waals surface area contributed by atoms with E-state index in [1.54, 1.807) is 12.1 Å². The molecule has 0 radical (unpaired) electrons. The van der Waals surface area contributed by atoms with Crippen LogP contribution in [0.3, 0.4) is 0 Å². The van der Waals surface area contributed by atoms with Gasteiger partial charge in [0.2, 0.25) is 0 Å². The largest absolute Gasteiger partial charge is 0.486 e. The molecule has 2 heterocycles. The van der Waals surface area contributed by atoms with Crippen molar-refractivity contribution in [2.45, 2.75) is 13.5 Å². The topological polar surface area (TPSA) is 52.8 Å². The maximum Gasteiger partial charge on any atom is 0.272 e. The quantitative estimate of drug-likeness (QED) is 0.616. The Morgan fingerprint density at radius 1 is 1.26 bits per heavy atom. The lowest BCUT2D eigenvalue weighted by Gasteiger charge is -2.18. The van der Waals surface area contributed by atoms with Crippen molar-refractivity contribution in [1.82, 2.24) is 4.57 Å². The van der Waals surface area contributed by atoms with E-state index in [0.717, 1.165) is 27.3 Å². The normalized spacial score (nSPS) is 14.2. The van der Waals surface area contributed by atoms with Crippen molar-refractivity contribution in [3.8, 4) is 11.5 Å². The fraction of sp³-hybridized carbons (Fsp3) is 0.200. The number of carbonyl (C=O) groups excluding carboxylic acids is 1. The maximum absolute atomic E-state index is 12.3. The summed E-state index contributed by atoms with van der Waals surface area (Å²) in [4.78, 5) is 17.3. The van der Waals surface area contributed by atoms with Gasteiger partial charge in [-0.25, -0.2) is 0 Å². The van der Waals surface area contributed by atoms with Crippen LogP contribution in [0.25, 0.3) is 16.3 Å². The first-order valence-corrected chi connectivity index (χ1v) is 9.79. The van der Waals surface area contributed by atoms with Gasteiger partial charge in [0.05, 0.1) is 10.2 Å². The number of aryl methyl sites for hydroxylation is 1. The van der Waals surface area contributed by atoms with Crippen LogP contribution < -0.4 is 14.3 Å². The van der Waals surface area contributed by atoms with Crippen LogP contribution in [0.4, 0.5) is 0 Å². The van der Waals surface area contributed by atoms with Gasteiger partial charge in [0.15, 0.2) is 16.3 Å². The van der Waals surface area contributed by atoms with Gasteiger partial charge in [0.25, 0.3) is 5.91 Å². The van der Waals surface area contributed by atoms with Crippen molar-refractivity contribution < 1.29 is 14.3 Å². The summed E-state index contributed by atoms with van der Waals surface area (Å²) in [6, 6.07) is 11.3. The number of carbonyl (C=O) groups is 1. The van der Waals surface area contributed by atoms with Gasteiger partial charge in [-0.2, -0.15) is 4.99 Å². The second-order valence-electron chi connectivity index (χ2n) is 5.90. The van der Waals surface area contributed by atoms with Crippen molar-refractivity contribution in [2.24, 2.45) is 4.99 Å². The first-order chi connectivity index (χ1) is 13.2. The predicted molar refractivity (Wildman–Crippen MR) is 108 cm³/mol. The number of benzene rings is 2. The van der Waals surface area contributed by atoms with Crippen molar-refractivity contribution in [3.63, 3.8) is 0 Å². The Labute approximate surface area is 165 Å². The van der Waals surface area contributed by atoms with Gasteiger partial charge in [0, 0.05) is 29.8 Å². The smallest absolute Gasteiger partial charge is 0.272 e. The Kier molecular flexibility index (Phi) is 5.01. The molecule has 3 aromatic rings. The third-order valence-electron chi connectivity index (χ3n) is 4.18. The van der Waals surface area contributed by atoms with E-state index < -0.39 is 0 Å². The zero-order valence-corrected chi connectivity index (χ0v) is 16.2. The first-order valence-electron chi connectivity index (χ1n) is 8.60. The third kappa shape index (κ3) is 3.63. The monoisotopic (exact) mass is 400 g/mol. The highest BCUT2D eigenvalue weighted by molar-refractivity contribution is 7.16. The molecule has 4 rings (SSSR count). The Balaban J connectivity index is 1.72. The molecule has 0 saturated heterocycles. The highest BCUT2D eigenvalue weighted by Gasteiger charge is 2.16. The summed E-state index contributed by atoms with van der Waals surface area (Å²) in [6.07, 6.45) is 3.11. The Bertz CT molecular complexity index is 1110. The molecule has 0 aliphatic carbocycles. The van der Waals surface area contributed by atoms with Crippen LogP contribution in [0.15, 0.2) is 47.5 Å². The minimum absolute atomic E-state index is 0.332. The number of rotatable bonds is 3. The van der Waals surface area contributed by atoms with Gasteiger partial charge in [-0.15, -0.1) is 0 Å². The summed E-state index contributed by atoms with van der Waals surface area (Å²) >= 11 is 7.57. The Morgan fingerprint density at radius 2 is 2.00 bits per heavy atom. The molecule has 2 aromatic carbocycles. The van der Waals surface area contributed by atoms with Crippen LogP contribution in [0, 0.1) is 0 Å². The van der Waals surface area contributed by atoms with Crippen LogP contribution in [0.1, 0.15) is 12.5 Å². The van der Waals surface area contributed by atoms with Crippen LogP contribution in [-0.4, -0.2) is 23.7 Å². The molecule has 0 bridgehead atoms. The average molecular weight is 401 g/mol. The fourth-order valence-corrected chi connectivity index (χ4v) is 4.21. The molecular weight excluding hydrogens is 384 g/mol. The average Bonchev–Trinajstić information content (AvgIpc) is 3.01. The van der Waals surface area contributed by atoms with E-state index in [1.165, 1.54) is 17.4 Å². The second-order valence-corrected chi connectivity index (χ2v) is 7.31. The second kappa shape index (κ2) is 7.58. The highest BCUT2D eigenvalue weighted by Crippen LogP contribution is 2.35. The molecule has 27 heavy (non-hydrogen) atoms. The molecule has 0 atom stereocenters. The molecule has 1 aliphatic rings. The van der Waals surface area contributed by atoms with Crippen LogP contribution >= 0.6 is 22.9 Å². The third-order valence-corrected chi connectivity index (χ3v) is 5.56. The van der Waals surface area contributed by atoms with E-state index in [9.17, 15) is 4.79 Å². The molecule has 7 heteroatoms. The minimum atomic E-state index is -0.332. The van der Waals surface area contributed by atoms with Gasteiger partial charge in [-0.1, -0.05) is 41.1 Å². The van der Waals surface area contributed by atoms with Crippen molar-refractivity contribution in [1.29, 1.82) is 0 Å². The molecule has 0 saturated carbocycles. The summed E-state index contributed by atoms with van der Waals surface area (Å²) in [5.41, 5.74) is 1.76. The van der Waals surface area contributed by atoms with Gasteiger partial charge in [-0.05, 0) is 24.6 Å². The zero-order valence-electron chi connectivity index (χ0n) is 14.6. The molecule has 0 N–H and O–H groups in total. The lowest BCUT2D eigenvalue weighted by atomic mass is 10.2. The number of hydrogen-bond donors (Lipinski definition) is 0. The van der Waals surface area contributed by atoms with E-state index in [-0.39, 0.29) is 5.91 Å². The number of halogens is 1. The highest BCUT2D eigenvalue weighted by atomic mass is 35.5. The standard InChI is InChI=1S/C20H17ClN2O3S/c1-2-23-15-11-16-17(26-10-9-25-16)12-18(15)27-20(23)22-19(24)8-7-13-5-3-4-6-14(13)21/h3-8,11-12H,2,9-10H2,1H3. The SMILES string of the molecule is CCn1c(=NC(=O)C=Cc2ccccc2Cl)sc2cc3c(cc21)OCCO3. The lowest BCUT2D eigenvalue weighted by molar-refractivity contribution is -0.113. The number of aromatic nitrogens is 1. The number of fused-ring (bicyclic) bond motifs is 2. The van der Waals surface area contributed by atoms with E-state index in [2.05, 4.69) is 4.99 Å². The van der Waals surface area contributed by atoms with Crippen LogP contribution in [-0.2, 0) is 11.3 Å². The molecule has 1 aromatic heterocycles. The molecule has 5 nitrogen and oxygen atoms in total. The van der Waals surface area contributed by atoms with Gasteiger partial charge in [0.1, 0.15) is 13.2 Å². The van der Waals surface area contributed by atoms with Crippen molar-refractivity contribution in [3.05, 3.63) is 57.9 Å².